The predicted octanol–water partition coefficient (Wildman–Crippen LogP) is 1.69. The number of rotatable bonds is 6. The summed E-state index contributed by atoms with van der Waals surface area (Å²) >= 11 is 0. The van der Waals surface area contributed by atoms with E-state index < -0.39 is 11.8 Å². The van der Waals surface area contributed by atoms with Crippen LogP contribution in [0.3, 0.4) is 0 Å². The minimum Gasteiger partial charge on any atom is -0.478 e. The molecule has 0 fully saturated rings. The van der Waals surface area contributed by atoms with Gasteiger partial charge in [-0.25, -0.2) is 9.18 Å². The number of aromatic carboxylic acids is 1. The van der Waals surface area contributed by atoms with E-state index in [9.17, 15) is 9.18 Å². The lowest BCUT2D eigenvalue weighted by molar-refractivity contribution is 0.0602. The molecule has 0 bridgehead atoms. The maximum Gasteiger partial charge on any atom is 0.335 e. The summed E-state index contributed by atoms with van der Waals surface area (Å²) < 4.78 is 23.1. The van der Waals surface area contributed by atoms with E-state index >= 15 is 0 Å². The van der Waals surface area contributed by atoms with Gasteiger partial charge >= 0.3 is 5.97 Å². The third-order valence-corrected chi connectivity index (χ3v) is 1.98. The topological polar surface area (TPSA) is 55.8 Å². The number of benzene rings is 1. The van der Waals surface area contributed by atoms with Crippen molar-refractivity contribution in [3.63, 3.8) is 0 Å². The molecule has 1 rings (SSSR count). The van der Waals surface area contributed by atoms with Crippen molar-refractivity contribution in [2.45, 2.75) is 6.61 Å². The molecular formula is C11H13FO4. The van der Waals surface area contributed by atoms with Gasteiger partial charge in [0.05, 0.1) is 25.4 Å². The van der Waals surface area contributed by atoms with Crippen molar-refractivity contribution in [3.8, 4) is 0 Å². The molecule has 0 unspecified atom stereocenters. The number of hydrogen-bond donors (Lipinski definition) is 1. The smallest absolute Gasteiger partial charge is 0.335 e. The molecule has 0 atom stereocenters. The lowest BCUT2D eigenvalue weighted by atomic mass is 10.1. The van der Waals surface area contributed by atoms with Crippen molar-refractivity contribution >= 4 is 5.97 Å². The van der Waals surface area contributed by atoms with Gasteiger partial charge in [0, 0.05) is 12.7 Å². The second-order valence-corrected chi connectivity index (χ2v) is 3.16. The fourth-order valence-corrected chi connectivity index (χ4v) is 1.14. The van der Waals surface area contributed by atoms with Crippen LogP contribution in [0, 0.1) is 5.82 Å². The summed E-state index contributed by atoms with van der Waals surface area (Å²) in [6.07, 6.45) is 0. The van der Waals surface area contributed by atoms with Gasteiger partial charge in [-0.15, -0.1) is 0 Å². The van der Waals surface area contributed by atoms with Gasteiger partial charge in [-0.2, -0.15) is 0 Å². The molecular weight excluding hydrogens is 215 g/mol. The molecule has 0 spiro atoms. The molecule has 0 aliphatic rings. The van der Waals surface area contributed by atoms with Crippen LogP contribution in [0.25, 0.3) is 0 Å². The van der Waals surface area contributed by atoms with Gasteiger partial charge in [0.15, 0.2) is 0 Å². The first kappa shape index (κ1) is 12.6. The Hall–Kier alpha value is -1.46. The fraction of sp³-hybridized carbons (Fsp3) is 0.364. The monoisotopic (exact) mass is 228 g/mol. The van der Waals surface area contributed by atoms with Crippen LogP contribution in [0.1, 0.15) is 15.9 Å². The van der Waals surface area contributed by atoms with Gasteiger partial charge in [-0.1, -0.05) is 0 Å². The van der Waals surface area contributed by atoms with E-state index in [0.29, 0.717) is 13.2 Å². The third-order valence-electron chi connectivity index (χ3n) is 1.98. The lowest BCUT2D eigenvalue weighted by Crippen LogP contribution is -2.05. The Morgan fingerprint density at radius 2 is 2.19 bits per heavy atom. The van der Waals surface area contributed by atoms with Gasteiger partial charge in [0.1, 0.15) is 5.82 Å². The number of ether oxygens (including phenoxy) is 2. The summed E-state index contributed by atoms with van der Waals surface area (Å²) in [5.74, 6) is -1.56. The molecule has 0 saturated carbocycles. The predicted molar refractivity (Wildman–Crippen MR) is 54.9 cm³/mol. The summed E-state index contributed by atoms with van der Waals surface area (Å²) in [4.78, 5) is 10.7. The number of hydrogen-bond acceptors (Lipinski definition) is 3. The largest absolute Gasteiger partial charge is 0.478 e. The fourth-order valence-electron chi connectivity index (χ4n) is 1.14. The summed E-state index contributed by atoms with van der Waals surface area (Å²) in [6, 6.07) is 3.61. The zero-order valence-electron chi connectivity index (χ0n) is 8.90. The molecule has 5 heteroatoms. The van der Waals surface area contributed by atoms with Crippen molar-refractivity contribution in [2.75, 3.05) is 20.3 Å². The molecule has 0 heterocycles. The Balaban J connectivity index is 2.63. The van der Waals surface area contributed by atoms with Crippen molar-refractivity contribution < 1.29 is 23.8 Å². The normalized spacial score (nSPS) is 10.4. The molecule has 88 valence electrons. The molecule has 0 aliphatic carbocycles. The Kier molecular flexibility index (Phi) is 4.88. The molecule has 16 heavy (non-hydrogen) atoms. The van der Waals surface area contributed by atoms with Crippen LogP contribution in [0.2, 0.25) is 0 Å². The molecule has 1 aromatic carbocycles. The quantitative estimate of drug-likeness (QED) is 0.753. The number of carboxylic acids is 1. The number of halogens is 1. The van der Waals surface area contributed by atoms with Gasteiger partial charge in [0.2, 0.25) is 0 Å². The molecule has 1 aromatic rings. The molecule has 1 N–H and O–H groups in total. The molecule has 0 amide bonds. The first-order valence-corrected chi connectivity index (χ1v) is 4.73. The van der Waals surface area contributed by atoms with E-state index in [1.54, 1.807) is 0 Å². The minimum absolute atomic E-state index is 0.0380. The highest BCUT2D eigenvalue weighted by Gasteiger charge is 2.08. The van der Waals surface area contributed by atoms with Crippen LogP contribution in [0.4, 0.5) is 4.39 Å². The third kappa shape index (κ3) is 3.60. The standard InChI is InChI=1S/C11H13FO4/c1-15-4-5-16-7-9-6-8(11(13)14)2-3-10(9)12/h2-3,6H,4-5,7H2,1H3,(H,13,14). The lowest BCUT2D eigenvalue weighted by Gasteiger charge is -2.05. The second kappa shape index (κ2) is 6.19. The Labute approximate surface area is 92.6 Å². The van der Waals surface area contributed by atoms with Crippen molar-refractivity contribution in [1.82, 2.24) is 0 Å². The van der Waals surface area contributed by atoms with E-state index in [4.69, 9.17) is 14.6 Å². The maximum absolute atomic E-state index is 13.2. The minimum atomic E-state index is -1.09. The van der Waals surface area contributed by atoms with Crippen LogP contribution in [-0.4, -0.2) is 31.4 Å². The molecule has 0 aliphatic heterocycles. The number of carboxylic acid groups (broad SMARTS) is 1. The summed E-state index contributed by atoms with van der Waals surface area (Å²) in [5, 5.41) is 8.73. The van der Waals surface area contributed by atoms with E-state index in [2.05, 4.69) is 0 Å². The first-order chi connectivity index (χ1) is 7.65. The highest BCUT2D eigenvalue weighted by molar-refractivity contribution is 5.87. The second-order valence-electron chi connectivity index (χ2n) is 3.16. The first-order valence-electron chi connectivity index (χ1n) is 4.73. The molecule has 0 aromatic heterocycles. The Bertz CT molecular complexity index is 365. The van der Waals surface area contributed by atoms with E-state index in [1.807, 2.05) is 0 Å². The average Bonchev–Trinajstić information content (AvgIpc) is 2.26. The van der Waals surface area contributed by atoms with Gasteiger partial charge in [-0.05, 0) is 18.2 Å². The highest BCUT2D eigenvalue weighted by Crippen LogP contribution is 2.11. The van der Waals surface area contributed by atoms with Crippen LogP contribution < -0.4 is 0 Å². The molecule has 4 nitrogen and oxygen atoms in total. The van der Waals surface area contributed by atoms with Crippen LogP contribution in [0.5, 0.6) is 0 Å². The summed E-state index contributed by atoms with van der Waals surface area (Å²) in [6.45, 7) is 0.795. The zero-order chi connectivity index (χ0) is 12.0. The number of methoxy groups -OCH3 is 1. The summed E-state index contributed by atoms with van der Waals surface area (Å²) in [7, 11) is 1.54. The SMILES string of the molecule is COCCOCc1cc(C(=O)O)ccc1F. The zero-order valence-corrected chi connectivity index (χ0v) is 8.90. The molecule has 0 radical (unpaired) electrons. The van der Waals surface area contributed by atoms with Crippen LogP contribution in [-0.2, 0) is 16.1 Å². The van der Waals surface area contributed by atoms with E-state index in [0.717, 1.165) is 6.07 Å². The number of carbonyl (C=O) groups is 1. The highest BCUT2D eigenvalue weighted by atomic mass is 19.1. The van der Waals surface area contributed by atoms with Crippen LogP contribution in [0.15, 0.2) is 18.2 Å². The Morgan fingerprint density at radius 1 is 1.44 bits per heavy atom. The average molecular weight is 228 g/mol. The van der Waals surface area contributed by atoms with Crippen molar-refractivity contribution in [3.05, 3.63) is 35.1 Å². The van der Waals surface area contributed by atoms with Gasteiger partial charge < -0.3 is 14.6 Å². The summed E-state index contributed by atoms with van der Waals surface area (Å²) in [5.41, 5.74) is 0.280. The van der Waals surface area contributed by atoms with Crippen molar-refractivity contribution in [2.24, 2.45) is 0 Å². The van der Waals surface area contributed by atoms with E-state index in [-0.39, 0.29) is 17.7 Å². The van der Waals surface area contributed by atoms with Gasteiger partial charge in [0.25, 0.3) is 0 Å². The van der Waals surface area contributed by atoms with Crippen LogP contribution >= 0.6 is 0 Å². The Morgan fingerprint density at radius 3 is 2.81 bits per heavy atom. The van der Waals surface area contributed by atoms with E-state index in [1.165, 1.54) is 19.2 Å². The maximum atomic E-state index is 13.2. The van der Waals surface area contributed by atoms with Gasteiger partial charge in [-0.3, -0.25) is 0 Å². The van der Waals surface area contributed by atoms with Crippen molar-refractivity contribution in [1.29, 1.82) is 0 Å². The molecule has 0 saturated heterocycles.